The molecule has 0 aliphatic heterocycles. The van der Waals surface area contributed by atoms with Gasteiger partial charge < -0.3 is 21.9 Å². The van der Waals surface area contributed by atoms with Crippen LogP contribution < -0.4 is 16.8 Å². The normalized spacial score (nSPS) is 11.7. The third kappa shape index (κ3) is 4.54. The van der Waals surface area contributed by atoms with E-state index in [1.165, 1.54) is 6.07 Å². The fourth-order valence-electron chi connectivity index (χ4n) is 1.50. The number of hydrogen-bond donors (Lipinski definition) is 4. The van der Waals surface area contributed by atoms with E-state index in [9.17, 15) is 14.4 Å². The van der Waals surface area contributed by atoms with Gasteiger partial charge in [-0.2, -0.15) is 0 Å². The maximum absolute atomic E-state index is 12.0. The van der Waals surface area contributed by atoms with Crippen molar-refractivity contribution in [3.05, 3.63) is 28.2 Å². The van der Waals surface area contributed by atoms with Gasteiger partial charge in [-0.3, -0.25) is 9.59 Å². The predicted octanol–water partition coefficient (Wildman–Crippen LogP) is 0.480. The molecule has 2 amide bonds. The highest BCUT2D eigenvalue weighted by Gasteiger charge is 2.22. The zero-order chi connectivity index (χ0) is 15.3. The van der Waals surface area contributed by atoms with Crippen LogP contribution in [0.2, 0.25) is 0 Å². The highest BCUT2D eigenvalue weighted by molar-refractivity contribution is 9.10. The van der Waals surface area contributed by atoms with Gasteiger partial charge in [0.15, 0.2) is 0 Å². The van der Waals surface area contributed by atoms with Crippen LogP contribution in [0.1, 0.15) is 23.2 Å². The smallest absolute Gasteiger partial charge is 0.326 e. The second-order valence-corrected chi connectivity index (χ2v) is 4.96. The van der Waals surface area contributed by atoms with Crippen molar-refractivity contribution in [1.29, 1.82) is 0 Å². The number of hydrogen-bond acceptors (Lipinski definition) is 4. The summed E-state index contributed by atoms with van der Waals surface area (Å²) in [4.78, 5) is 33.7. The molecule has 0 heterocycles. The van der Waals surface area contributed by atoms with Crippen LogP contribution >= 0.6 is 15.9 Å². The lowest BCUT2D eigenvalue weighted by Gasteiger charge is -2.14. The van der Waals surface area contributed by atoms with E-state index < -0.39 is 23.8 Å². The third-order valence-corrected chi connectivity index (χ3v) is 3.21. The van der Waals surface area contributed by atoms with Crippen LogP contribution in [0.3, 0.4) is 0 Å². The molecule has 0 saturated heterocycles. The van der Waals surface area contributed by atoms with Crippen LogP contribution in [0.15, 0.2) is 22.7 Å². The largest absolute Gasteiger partial charge is 0.480 e. The van der Waals surface area contributed by atoms with Crippen LogP contribution in [0, 0.1) is 0 Å². The molecule has 1 rings (SSSR count). The summed E-state index contributed by atoms with van der Waals surface area (Å²) in [5.41, 5.74) is 11.1. The average molecular weight is 344 g/mol. The Bertz CT molecular complexity index is 548. The summed E-state index contributed by atoms with van der Waals surface area (Å²) < 4.78 is 0.489. The number of carbonyl (C=O) groups is 3. The van der Waals surface area contributed by atoms with Gasteiger partial charge in [-0.15, -0.1) is 0 Å². The van der Waals surface area contributed by atoms with Crippen molar-refractivity contribution < 1.29 is 19.5 Å². The number of nitrogens with two attached hydrogens (primary N) is 2. The number of aliphatic carboxylic acids is 1. The predicted molar refractivity (Wildman–Crippen MR) is 75.9 cm³/mol. The van der Waals surface area contributed by atoms with E-state index in [1.54, 1.807) is 12.1 Å². The molecule has 1 atom stereocenters. The number of nitrogen functional groups attached to an aromatic ring is 1. The van der Waals surface area contributed by atoms with Gasteiger partial charge in [0.25, 0.3) is 5.91 Å². The number of anilines is 1. The van der Waals surface area contributed by atoms with E-state index in [1.807, 2.05) is 0 Å². The number of halogens is 1. The van der Waals surface area contributed by atoms with E-state index in [-0.39, 0.29) is 18.4 Å². The second-order valence-electron chi connectivity index (χ2n) is 4.11. The number of carboxylic acid groups (broad SMARTS) is 1. The van der Waals surface area contributed by atoms with Crippen molar-refractivity contribution in [1.82, 2.24) is 5.32 Å². The molecule has 0 saturated carbocycles. The topological polar surface area (TPSA) is 136 Å². The van der Waals surface area contributed by atoms with E-state index in [2.05, 4.69) is 21.2 Å². The Kier molecular flexibility index (Phi) is 5.51. The summed E-state index contributed by atoms with van der Waals surface area (Å²) >= 11 is 3.18. The molecular formula is C12H14BrN3O4. The van der Waals surface area contributed by atoms with Crippen molar-refractivity contribution in [2.75, 3.05) is 5.73 Å². The lowest BCUT2D eigenvalue weighted by atomic mass is 10.1. The average Bonchev–Trinajstić information content (AvgIpc) is 2.36. The van der Waals surface area contributed by atoms with Crippen molar-refractivity contribution in [2.45, 2.75) is 18.9 Å². The molecule has 7 nitrogen and oxygen atoms in total. The molecule has 1 aromatic rings. The van der Waals surface area contributed by atoms with Gasteiger partial charge >= 0.3 is 5.97 Å². The number of benzene rings is 1. The molecule has 0 bridgehead atoms. The molecule has 0 radical (unpaired) electrons. The number of carbonyl (C=O) groups excluding carboxylic acids is 2. The summed E-state index contributed by atoms with van der Waals surface area (Å²) in [5.74, 6) is -2.46. The first-order chi connectivity index (χ1) is 9.31. The van der Waals surface area contributed by atoms with Crippen molar-refractivity contribution in [3.8, 4) is 0 Å². The van der Waals surface area contributed by atoms with Crippen LogP contribution in [0.4, 0.5) is 5.69 Å². The molecule has 0 spiro atoms. The first-order valence-electron chi connectivity index (χ1n) is 5.68. The monoisotopic (exact) mass is 343 g/mol. The molecular weight excluding hydrogens is 330 g/mol. The molecule has 0 unspecified atom stereocenters. The summed E-state index contributed by atoms with van der Waals surface area (Å²) in [5, 5.41) is 11.3. The Labute approximate surface area is 123 Å². The Morgan fingerprint density at radius 2 is 2.00 bits per heavy atom. The first-order valence-corrected chi connectivity index (χ1v) is 6.47. The van der Waals surface area contributed by atoms with Crippen molar-refractivity contribution >= 4 is 39.4 Å². The minimum Gasteiger partial charge on any atom is -0.480 e. The van der Waals surface area contributed by atoms with E-state index in [0.717, 1.165) is 0 Å². The Hall–Kier alpha value is -2.09. The van der Waals surface area contributed by atoms with Gasteiger partial charge in [0.2, 0.25) is 5.91 Å². The molecule has 8 heteroatoms. The summed E-state index contributed by atoms with van der Waals surface area (Å²) in [6.07, 6.45) is -0.203. The number of primary amides is 1. The van der Waals surface area contributed by atoms with Gasteiger partial charge in [0.1, 0.15) is 6.04 Å². The Morgan fingerprint density at radius 1 is 1.35 bits per heavy atom. The zero-order valence-corrected chi connectivity index (χ0v) is 12.0. The van der Waals surface area contributed by atoms with Gasteiger partial charge in [-0.05, 0) is 40.5 Å². The summed E-state index contributed by atoms with van der Waals surface area (Å²) in [6.45, 7) is 0. The lowest BCUT2D eigenvalue weighted by Crippen LogP contribution is -2.41. The summed E-state index contributed by atoms with van der Waals surface area (Å²) in [7, 11) is 0. The fourth-order valence-corrected chi connectivity index (χ4v) is 1.92. The molecule has 0 aliphatic carbocycles. The van der Waals surface area contributed by atoms with Crippen LogP contribution in [0.25, 0.3) is 0 Å². The molecule has 0 aromatic heterocycles. The fraction of sp³-hybridized carbons (Fsp3) is 0.250. The summed E-state index contributed by atoms with van der Waals surface area (Å²) in [6, 6.07) is 3.42. The van der Waals surface area contributed by atoms with Crippen molar-refractivity contribution in [3.63, 3.8) is 0 Å². The van der Waals surface area contributed by atoms with Gasteiger partial charge in [0, 0.05) is 16.6 Å². The van der Waals surface area contributed by atoms with Crippen LogP contribution in [-0.2, 0) is 9.59 Å². The number of carboxylic acids is 1. The maximum Gasteiger partial charge on any atom is 0.326 e. The van der Waals surface area contributed by atoms with Crippen molar-refractivity contribution in [2.24, 2.45) is 5.73 Å². The second kappa shape index (κ2) is 6.90. The van der Waals surface area contributed by atoms with Gasteiger partial charge in [-0.25, -0.2) is 4.79 Å². The molecule has 6 N–H and O–H groups in total. The maximum atomic E-state index is 12.0. The quantitative estimate of drug-likeness (QED) is 0.557. The van der Waals surface area contributed by atoms with E-state index >= 15 is 0 Å². The first kappa shape index (κ1) is 16.0. The number of amides is 2. The standard InChI is InChI=1S/C12H14BrN3O4/c13-8-2-1-6(14)5-7(8)11(18)16-9(12(19)20)3-4-10(15)17/h1-2,5,9H,3-4,14H2,(H2,15,17)(H,16,18)(H,19,20)/t9-/m0/s1. The third-order valence-electron chi connectivity index (χ3n) is 2.52. The van der Waals surface area contributed by atoms with Gasteiger partial charge in [0.05, 0.1) is 5.56 Å². The highest BCUT2D eigenvalue weighted by atomic mass is 79.9. The molecule has 1 aromatic carbocycles. The molecule has 20 heavy (non-hydrogen) atoms. The van der Waals surface area contributed by atoms with Crippen LogP contribution in [-0.4, -0.2) is 28.9 Å². The molecule has 0 aliphatic rings. The Balaban J connectivity index is 2.82. The number of nitrogens with one attached hydrogen (secondary N) is 1. The van der Waals surface area contributed by atoms with Gasteiger partial charge in [-0.1, -0.05) is 0 Å². The minimum atomic E-state index is -1.24. The SMILES string of the molecule is NC(=O)CC[C@H](NC(=O)c1cc(N)ccc1Br)C(=O)O. The minimum absolute atomic E-state index is 0.0731. The number of rotatable bonds is 6. The van der Waals surface area contributed by atoms with E-state index in [0.29, 0.717) is 10.2 Å². The highest BCUT2D eigenvalue weighted by Crippen LogP contribution is 2.19. The molecule has 108 valence electrons. The lowest BCUT2D eigenvalue weighted by molar-refractivity contribution is -0.139. The van der Waals surface area contributed by atoms with E-state index in [4.69, 9.17) is 16.6 Å². The Morgan fingerprint density at radius 3 is 2.55 bits per heavy atom. The zero-order valence-electron chi connectivity index (χ0n) is 10.4. The molecule has 0 fully saturated rings. The van der Waals surface area contributed by atoms with Crippen LogP contribution in [0.5, 0.6) is 0 Å².